The molecule has 0 aliphatic carbocycles. The molecule has 4 N–H and O–H groups in total. The van der Waals surface area contributed by atoms with Gasteiger partial charge in [0.05, 0.1) is 7.11 Å². The molecule has 4 heteroatoms. The lowest BCUT2D eigenvalue weighted by atomic mass is 10.1. The molecule has 1 atom stereocenters. The molecule has 0 bridgehead atoms. The number of ether oxygens (including phenoxy) is 1. The second-order valence-corrected chi connectivity index (χ2v) is 3.31. The SMILES string of the molecule is COc1ccc(CC(C)N)c(O)c1O. The van der Waals surface area contributed by atoms with Gasteiger partial charge < -0.3 is 20.7 Å². The number of nitrogens with two attached hydrogens (primary N) is 1. The normalized spacial score (nSPS) is 12.5. The van der Waals surface area contributed by atoms with Crippen molar-refractivity contribution in [1.29, 1.82) is 0 Å². The Hall–Kier alpha value is -1.42. The smallest absolute Gasteiger partial charge is 0.200 e. The molecule has 0 heterocycles. The van der Waals surface area contributed by atoms with Gasteiger partial charge in [-0.1, -0.05) is 6.07 Å². The summed E-state index contributed by atoms with van der Waals surface area (Å²) in [5.41, 5.74) is 6.21. The minimum Gasteiger partial charge on any atom is -0.504 e. The monoisotopic (exact) mass is 197 g/mol. The fourth-order valence-electron chi connectivity index (χ4n) is 1.28. The molecule has 0 aliphatic heterocycles. The predicted molar refractivity (Wildman–Crippen MR) is 53.7 cm³/mol. The van der Waals surface area contributed by atoms with Crippen LogP contribution in [0.15, 0.2) is 12.1 Å². The zero-order valence-electron chi connectivity index (χ0n) is 8.32. The predicted octanol–water partition coefficient (Wildman–Crippen LogP) is 0.996. The molecule has 0 saturated heterocycles. The van der Waals surface area contributed by atoms with E-state index in [2.05, 4.69) is 0 Å². The molecule has 78 valence electrons. The molecule has 1 aromatic carbocycles. The Bertz CT molecular complexity index is 323. The molecule has 0 amide bonds. The van der Waals surface area contributed by atoms with Crippen LogP contribution >= 0.6 is 0 Å². The average Bonchev–Trinajstić information content (AvgIpc) is 2.13. The van der Waals surface area contributed by atoms with Crippen LogP contribution < -0.4 is 10.5 Å². The van der Waals surface area contributed by atoms with Gasteiger partial charge in [0.15, 0.2) is 11.5 Å². The van der Waals surface area contributed by atoms with Crippen molar-refractivity contribution in [3.63, 3.8) is 0 Å². The number of phenolic OH excluding ortho intramolecular Hbond substituents is 2. The van der Waals surface area contributed by atoms with E-state index in [4.69, 9.17) is 10.5 Å². The first-order chi connectivity index (χ1) is 6.56. The first-order valence-corrected chi connectivity index (χ1v) is 4.39. The minimum atomic E-state index is -0.231. The molecule has 1 rings (SSSR count). The van der Waals surface area contributed by atoms with E-state index in [9.17, 15) is 10.2 Å². The van der Waals surface area contributed by atoms with Crippen molar-refractivity contribution in [1.82, 2.24) is 0 Å². The highest BCUT2D eigenvalue weighted by molar-refractivity contribution is 5.53. The maximum atomic E-state index is 9.57. The quantitative estimate of drug-likeness (QED) is 0.632. The minimum absolute atomic E-state index is 0.0614. The maximum absolute atomic E-state index is 9.57. The summed E-state index contributed by atoms with van der Waals surface area (Å²) in [4.78, 5) is 0. The zero-order chi connectivity index (χ0) is 10.7. The first kappa shape index (κ1) is 10.7. The van der Waals surface area contributed by atoms with Gasteiger partial charge in [-0.15, -0.1) is 0 Å². The molecule has 4 nitrogen and oxygen atoms in total. The van der Waals surface area contributed by atoms with E-state index in [-0.39, 0.29) is 23.3 Å². The summed E-state index contributed by atoms with van der Waals surface area (Å²) in [6.45, 7) is 1.83. The molecule has 0 aliphatic rings. The van der Waals surface area contributed by atoms with Gasteiger partial charge in [-0.3, -0.25) is 0 Å². The van der Waals surface area contributed by atoms with Crippen LogP contribution in [0.1, 0.15) is 12.5 Å². The Labute approximate surface area is 82.9 Å². The number of phenols is 2. The number of benzene rings is 1. The van der Waals surface area contributed by atoms with Gasteiger partial charge in [-0.05, 0) is 25.0 Å². The van der Waals surface area contributed by atoms with Crippen LogP contribution in [0.4, 0.5) is 0 Å². The summed E-state index contributed by atoms with van der Waals surface area (Å²) < 4.78 is 4.84. The van der Waals surface area contributed by atoms with Crippen molar-refractivity contribution >= 4 is 0 Å². The molecule has 14 heavy (non-hydrogen) atoms. The second kappa shape index (κ2) is 4.19. The summed E-state index contributed by atoms with van der Waals surface area (Å²) >= 11 is 0. The van der Waals surface area contributed by atoms with Gasteiger partial charge in [0.1, 0.15) is 0 Å². The molecule has 0 radical (unpaired) electrons. The molecule has 1 aromatic rings. The lowest BCUT2D eigenvalue weighted by molar-refractivity contribution is 0.348. The van der Waals surface area contributed by atoms with Crippen LogP contribution in [0, 0.1) is 0 Å². The standard InChI is InChI=1S/C10H15NO3/c1-6(11)5-7-3-4-8(14-2)10(13)9(7)12/h3-4,6,12-13H,5,11H2,1-2H3. The molecular formula is C10H15NO3. The van der Waals surface area contributed by atoms with E-state index in [1.807, 2.05) is 6.92 Å². The number of hydrogen-bond acceptors (Lipinski definition) is 4. The zero-order valence-corrected chi connectivity index (χ0v) is 8.32. The fraction of sp³-hybridized carbons (Fsp3) is 0.400. The Morgan fingerprint density at radius 2 is 2.00 bits per heavy atom. The van der Waals surface area contributed by atoms with Crippen LogP contribution in [0.2, 0.25) is 0 Å². The molecule has 1 unspecified atom stereocenters. The highest BCUT2D eigenvalue weighted by Gasteiger charge is 2.12. The van der Waals surface area contributed by atoms with Crippen molar-refractivity contribution < 1.29 is 14.9 Å². The van der Waals surface area contributed by atoms with E-state index in [0.29, 0.717) is 12.0 Å². The number of hydrogen-bond donors (Lipinski definition) is 3. The van der Waals surface area contributed by atoms with Crippen molar-refractivity contribution in [2.24, 2.45) is 5.73 Å². The topological polar surface area (TPSA) is 75.7 Å². The van der Waals surface area contributed by atoms with Crippen molar-refractivity contribution in [2.75, 3.05) is 7.11 Å². The van der Waals surface area contributed by atoms with Gasteiger partial charge in [-0.2, -0.15) is 0 Å². The molecule has 0 saturated carbocycles. The van der Waals surface area contributed by atoms with Crippen LogP contribution in [0.3, 0.4) is 0 Å². The molecule has 0 aromatic heterocycles. The lowest BCUT2D eigenvalue weighted by Crippen LogP contribution is -2.17. The van der Waals surface area contributed by atoms with Crippen LogP contribution in [0.5, 0.6) is 17.2 Å². The summed E-state index contributed by atoms with van der Waals surface area (Å²) in [6, 6.07) is 3.23. The lowest BCUT2D eigenvalue weighted by Gasteiger charge is -2.11. The number of methoxy groups -OCH3 is 1. The van der Waals surface area contributed by atoms with E-state index < -0.39 is 0 Å². The van der Waals surface area contributed by atoms with Gasteiger partial charge in [0.2, 0.25) is 5.75 Å². The summed E-state index contributed by atoms with van der Waals surface area (Å²) in [7, 11) is 1.43. The van der Waals surface area contributed by atoms with E-state index >= 15 is 0 Å². The third-order valence-electron chi connectivity index (χ3n) is 1.96. The van der Waals surface area contributed by atoms with Gasteiger partial charge in [0.25, 0.3) is 0 Å². The number of rotatable bonds is 3. The largest absolute Gasteiger partial charge is 0.504 e. The molecule has 0 fully saturated rings. The molecular weight excluding hydrogens is 182 g/mol. The maximum Gasteiger partial charge on any atom is 0.200 e. The summed E-state index contributed by atoms with van der Waals surface area (Å²) in [6.07, 6.45) is 0.517. The summed E-state index contributed by atoms with van der Waals surface area (Å²) in [5, 5.41) is 19.0. The Balaban J connectivity index is 3.04. The van der Waals surface area contributed by atoms with Crippen LogP contribution in [0.25, 0.3) is 0 Å². The van der Waals surface area contributed by atoms with Gasteiger partial charge in [-0.25, -0.2) is 0 Å². The average molecular weight is 197 g/mol. The Morgan fingerprint density at radius 1 is 1.36 bits per heavy atom. The second-order valence-electron chi connectivity index (χ2n) is 3.31. The molecule has 0 spiro atoms. The van der Waals surface area contributed by atoms with Crippen LogP contribution in [-0.4, -0.2) is 23.4 Å². The fourth-order valence-corrected chi connectivity index (χ4v) is 1.28. The van der Waals surface area contributed by atoms with Crippen molar-refractivity contribution in [3.8, 4) is 17.2 Å². The highest BCUT2D eigenvalue weighted by atomic mass is 16.5. The van der Waals surface area contributed by atoms with Gasteiger partial charge >= 0.3 is 0 Å². The Kier molecular flexibility index (Phi) is 3.19. The highest BCUT2D eigenvalue weighted by Crippen LogP contribution is 2.37. The van der Waals surface area contributed by atoms with E-state index in [1.54, 1.807) is 12.1 Å². The third kappa shape index (κ3) is 2.09. The Morgan fingerprint density at radius 3 is 2.50 bits per heavy atom. The van der Waals surface area contributed by atoms with Crippen molar-refractivity contribution in [2.45, 2.75) is 19.4 Å². The number of aromatic hydroxyl groups is 2. The van der Waals surface area contributed by atoms with Crippen LogP contribution in [-0.2, 0) is 6.42 Å². The van der Waals surface area contributed by atoms with E-state index in [0.717, 1.165) is 0 Å². The third-order valence-corrected chi connectivity index (χ3v) is 1.96. The summed E-state index contributed by atoms with van der Waals surface area (Å²) in [5.74, 6) is -0.122. The van der Waals surface area contributed by atoms with E-state index in [1.165, 1.54) is 7.11 Å². The first-order valence-electron chi connectivity index (χ1n) is 4.39. The van der Waals surface area contributed by atoms with Crippen molar-refractivity contribution in [3.05, 3.63) is 17.7 Å². The van der Waals surface area contributed by atoms with Gasteiger partial charge in [0, 0.05) is 6.04 Å².